The van der Waals surface area contributed by atoms with E-state index in [2.05, 4.69) is 15.5 Å². The maximum absolute atomic E-state index is 13.0. The van der Waals surface area contributed by atoms with E-state index < -0.39 is 29.2 Å². The molecule has 2 amide bonds. The van der Waals surface area contributed by atoms with Gasteiger partial charge >= 0.3 is 5.97 Å². The van der Waals surface area contributed by atoms with Crippen LogP contribution in [0, 0.1) is 0 Å². The third kappa shape index (κ3) is 4.16. The molecule has 2 atom stereocenters. The quantitative estimate of drug-likeness (QED) is 0.169. The number of anilines is 1. The van der Waals surface area contributed by atoms with E-state index in [-0.39, 0.29) is 26.6 Å². The normalized spacial score (nSPS) is 19.8. The number of nitrogens with zero attached hydrogens (tertiary/aromatic N) is 5. The Kier molecular flexibility index (Phi) is 6.32. The number of amides is 2. The molecule has 5 heterocycles. The van der Waals surface area contributed by atoms with Crippen LogP contribution in [0.4, 0.5) is 5.13 Å². The molecule has 2 aliphatic rings. The number of hydrogen-bond acceptors (Lipinski definition) is 9. The topological polar surface area (TPSA) is 156 Å². The van der Waals surface area contributed by atoms with Crippen molar-refractivity contribution in [1.29, 1.82) is 0 Å². The maximum atomic E-state index is 13.0. The summed E-state index contributed by atoms with van der Waals surface area (Å²) < 4.78 is 3.95. The predicted molar refractivity (Wildman–Crippen MR) is 132 cm³/mol. The van der Waals surface area contributed by atoms with Crippen molar-refractivity contribution in [3.05, 3.63) is 58.2 Å². The van der Waals surface area contributed by atoms with Gasteiger partial charge < -0.3 is 25.4 Å². The van der Waals surface area contributed by atoms with Crippen molar-refractivity contribution in [2.24, 2.45) is 5.16 Å². The summed E-state index contributed by atoms with van der Waals surface area (Å²) in [5.41, 5.74) is 6.93. The first kappa shape index (κ1) is 24.1. The van der Waals surface area contributed by atoms with E-state index >= 15 is 0 Å². The molecule has 3 aromatic heterocycles. The van der Waals surface area contributed by atoms with Crippen LogP contribution in [-0.4, -0.2) is 67.2 Å². The molecule has 12 nitrogen and oxygen atoms in total. The van der Waals surface area contributed by atoms with Gasteiger partial charge in [-0.05, 0) is 12.1 Å². The molecule has 0 unspecified atom stereocenters. The molecule has 0 aromatic carbocycles. The number of carboxylic acid groups (broad SMARTS) is 1. The van der Waals surface area contributed by atoms with E-state index in [0.29, 0.717) is 17.9 Å². The number of oxime groups is 1. The summed E-state index contributed by atoms with van der Waals surface area (Å²) in [5, 5.41) is 15.8. The van der Waals surface area contributed by atoms with Crippen molar-refractivity contribution in [3.63, 3.8) is 0 Å². The average molecular weight is 549 g/mol. The number of nitrogens with two attached hydrogens (primary N) is 1. The molecule has 186 valence electrons. The summed E-state index contributed by atoms with van der Waals surface area (Å²) >= 11 is 8.45. The van der Waals surface area contributed by atoms with Gasteiger partial charge in [-0.15, -0.1) is 11.8 Å². The molecule has 2 aliphatic heterocycles. The number of halogens is 1. The monoisotopic (exact) mass is 548 g/mol. The lowest BCUT2D eigenvalue weighted by Gasteiger charge is -2.49. The van der Waals surface area contributed by atoms with Crippen LogP contribution in [0.5, 0.6) is 0 Å². The van der Waals surface area contributed by atoms with Gasteiger partial charge in [0, 0.05) is 17.5 Å². The number of thiazole rings is 1. The number of nitrogen functional groups attached to an aromatic ring is 1. The van der Waals surface area contributed by atoms with Crippen LogP contribution >= 0.6 is 34.7 Å². The molecule has 5 rings (SSSR count). The van der Waals surface area contributed by atoms with Gasteiger partial charge in [0.2, 0.25) is 0 Å². The van der Waals surface area contributed by atoms with E-state index in [1.54, 1.807) is 0 Å². The first-order valence-corrected chi connectivity index (χ1v) is 12.7. The van der Waals surface area contributed by atoms with E-state index in [1.165, 1.54) is 23.8 Å². The van der Waals surface area contributed by atoms with E-state index in [0.717, 1.165) is 16.9 Å². The minimum atomic E-state index is -1.20. The van der Waals surface area contributed by atoms with Gasteiger partial charge in [-0.3, -0.25) is 14.5 Å². The number of β-lactam (4-membered cyclic amide) rings is 1. The molecule has 36 heavy (non-hydrogen) atoms. The summed E-state index contributed by atoms with van der Waals surface area (Å²) in [4.78, 5) is 48.1. The molecule has 15 heteroatoms. The fourth-order valence-electron chi connectivity index (χ4n) is 4.10. The van der Waals surface area contributed by atoms with Gasteiger partial charge in [-0.1, -0.05) is 28.1 Å². The van der Waals surface area contributed by atoms with Crippen molar-refractivity contribution < 1.29 is 28.9 Å². The molecule has 0 saturated carbocycles. The number of nitrogens with one attached hydrogen (secondary N) is 1. The van der Waals surface area contributed by atoms with Gasteiger partial charge in [0.05, 0.1) is 6.20 Å². The van der Waals surface area contributed by atoms with Gasteiger partial charge in [0.25, 0.3) is 11.8 Å². The molecule has 4 N–H and O–H groups in total. The number of aliphatic carboxylic acids is 1. The van der Waals surface area contributed by atoms with Crippen LogP contribution in [-0.2, 0) is 25.8 Å². The molecule has 3 aromatic rings. The highest BCUT2D eigenvalue weighted by Gasteiger charge is 2.54. The zero-order valence-corrected chi connectivity index (χ0v) is 21.0. The highest BCUT2D eigenvalue weighted by molar-refractivity contribution is 8.00. The van der Waals surface area contributed by atoms with Crippen molar-refractivity contribution >= 4 is 68.8 Å². The van der Waals surface area contributed by atoms with Crippen molar-refractivity contribution in [3.8, 4) is 0 Å². The summed E-state index contributed by atoms with van der Waals surface area (Å²) in [6.07, 6.45) is 7.52. The minimum absolute atomic E-state index is 0.0313. The summed E-state index contributed by atoms with van der Waals surface area (Å²) in [7, 11) is 1.25. The standard InChI is InChI=1S/C21H18ClN7O5S2/c1-34-26-13(12-16(22)36-21(23)25-12)17(30)24-14-18(31)29-15(20(32)33)10(9-35-19(14)29)7-27-5-6-28-4-2-3-11(28)8-27/h2-6,8,14,19H,7,9H2,1H3,(H3-,23,24,25,30,32,33)/p+1/b26-13-/t14-,19+/m1/s1. The number of rotatable bonds is 7. The first-order valence-electron chi connectivity index (χ1n) is 10.5. The van der Waals surface area contributed by atoms with Crippen molar-refractivity contribution in [1.82, 2.24) is 19.6 Å². The fourth-order valence-corrected chi connectivity index (χ4v) is 6.37. The summed E-state index contributed by atoms with van der Waals surface area (Å²) in [6.45, 7) is 0.304. The van der Waals surface area contributed by atoms with E-state index in [4.69, 9.17) is 22.2 Å². The van der Waals surface area contributed by atoms with Crippen LogP contribution in [0.2, 0.25) is 4.34 Å². The molecule has 0 spiro atoms. The van der Waals surface area contributed by atoms with E-state index in [9.17, 15) is 19.5 Å². The maximum Gasteiger partial charge on any atom is 0.352 e. The number of hydrogen-bond donors (Lipinski definition) is 3. The summed E-state index contributed by atoms with van der Waals surface area (Å²) in [5.74, 6) is -2.12. The lowest BCUT2D eigenvalue weighted by atomic mass is 10.0. The van der Waals surface area contributed by atoms with Gasteiger partial charge in [0.15, 0.2) is 29.8 Å². The third-order valence-electron chi connectivity index (χ3n) is 5.66. The Labute approximate surface area is 217 Å². The lowest BCUT2D eigenvalue weighted by Crippen LogP contribution is -2.71. The molecule has 1 saturated heterocycles. The predicted octanol–water partition coefficient (Wildman–Crippen LogP) is 0.708. The highest BCUT2D eigenvalue weighted by Crippen LogP contribution is 2.40. The number of carboxylic acids is 1. The second-order valence-corrected chi connectivity index (χ2v) is 10.6. The van der Waals surface area contributed by atoms with Gasteiger partial charge in [0.1, 0.15) is 39.8 Å². The Bertz CT molecular complexity index is 1470. The average Bonchev–Trinajstić information content (AvgIpc) is 3.45. The van der Waals surface area contributed by atoms with Crippen LogP contribution in [0.3, 0.4) is 0 Å². The third-order valence-corrected chi connectivity index (χ3v) is 8.09. The number of carbonyl (C=O) groups excluding carboxylic acids is 2. The highest BCUT2D eigenvalue weighted by atomic mass is 35.5. The zero-order valence-electron chi connectivity index (χ0n) is 18.6. The molecule has 0 aliphatic carbocycles. The van der Waals surface area contributed by atoms with Gasteiger partial charge in [-0.25, -0.2) is 9.78 Å². The molecule has 0 bridgehead atoms. The van der Waals surface area contributed by atoms with Crippen molar-refractivity contribution in [2.45, 2.75) is 18.0 Å². The second kappa shape index (κ2) is 9.44. The first-order chi connectivity index (χ1) is 17.3. The lowest BCUT2D eigenvalue weighted by molar-refractivity contribution is -0.688. The van der Waals surface area contributed by atoms with E-state index in [1.807, 2.05) is 45.9 Å². The fraction of sp³-hybridized carbons (Fsp3) is 0.238. The minimum Gasteiger partial charge on any atom is -0.477 e. The largest absolute Gasteiger partial charge is 0.477 e. The van der Waals surface area contributed by atoms with Crippen LogP contribution in [0.25, 0.3) is 5.52 Å². The smallest absolute Gasteiger partial charge is 0.352 e. The van der Waals surface area contributed by atoms with Crippen LogP contribution in [0.1, 0.15) is 5.69 Å². The number of aromatic nitrogens is 3. The SMILES string of the molecule is CO/N=C(\C(=O)N[C@@H]1C(=O)N2C(C(=O)O)=C(C[n+]3ccn4cccc4c3)CS[C@@H]12)c1nc(N)sc1Cl. The van der Waals surface area contributed by atoms with Crippen LogP contribution in [0.15, 0.2) is 53.3 Å². The Morgan fingerprint density at radius 1 is 1.44 bits per heavy atom. The van der Waals surface area contributed by atoms with Crippen molar-refractivity contribution in [2.75, 3.05) is 18.6 Å². The van der Waals surface area contributed by atoms with Gasteiger partial charge in [-0.2, -0.15) is 4.57 Å². The Morgan fingerprint density at radius 2 is 2.25 bits per heavy atom. The molecular weight excluding hydrogens is 530 g/mol. The Morgan fingerprint density at radius 3 is 2.94 bits per heavy atom. The Hall–Kier alpha value is -3.62. The molecule has 1 fully saturated rings. The number of fused-ring (bicyclic) bond motifs is 2. The second-order valence-electron chi connectivity index (χ2n) is 7.86. The Balaban J connectivity index is 1.36. The molecule has 0 radical (unpaired) electrons. The summed E-state index contributed by atoms with van der Waals surface area (Å²) in [6, 6.07) is 2.89. The molecular formula is C21H19ClN7O5S2+. The van der Waals surface area contributed by atoms with Crippen LogP contribution < -0.4 is 15.6 Å². The number of thioether (sulfide) groups is 1. The zero-order chi connectivity index (χ0) is 25.6. The number of carbonyl (C=O) groups is 3.